The van der Waals surface area contributed by atoms with Gasteiger partial charge in [0.15, 0.2) is 0 Å². The predicted molar refractivity (Wildman–Crippen MR) is 76.4 cm³/mol. The van der Waals surface area contributed by atoms with E-state index in [1.54, 1.807) is 19.2 Å². The van der Waals surface area contributed by atoms with Crippen LogP contribution in [0.15, 0.2) is 36.7 Å². The van der Waals surface area contributed by atoms with Gasteiger partial charge in [-0.15, -0.1) is 0 Å². The maximum absolute atomic E-state index is 13.6. The van der Waals surface area contributed by atoms with Gasteiger partial charge in [0.1, 0.15) is 5.82 Å². The van der Waals surface area contributed by atoms with E-state index < -0.39 is 0 Å². The third kappa shape index (κ3) is 3.38. The topological polar surface area (TPSA) is 24.9 Å². The standard InChI is InChI=1S/C16H19FN2/c1-3-7-18-9-13-8-14(11-19-10-13)15-5-4-6-16(17)12(15)2/h4-6,8,10-11,18H,3,7,9H2,1-2H3. The van der Waals surface area contributed by atoms with Crippen LogP contribution in [0.25, 0.3) is 11.1 Å². The van der Waals surface area contributed by atoms with E-state index in [0.717, 1.165) is 36.2 Å². The number of benzene rings is 1. The van der Waals surface area contributed by atoms with Gasteiger partial charge >= 0.3 is 0 Å². The minimum atomic E-state index is -0.174. The van der Waals surface area contributed by atoms with Crippen molar-refractivity contribution in [2.75, 3.05) is 6.54 Å². The molecule has 0 saturated heterocycles. The summed E-state index contributed by atoms with van der Waals surface area (Å²) < 4.78 is 13.6. The highest BCUT2D eigenvalue weighted by Gasteiger charge is 2.06. The molecule has 100 valence electrons. The molecule has 0 saturated carbocycles. The van der Waals surface area contributed by atoms with E-state index in [1.165, 1.54) is 6.07 Å². The number of nitrogens with one attached hydrogen (secondary N) is 1. The quantitative estimate of drug-likeness (QED) is 0.827. The molecule has 0 amide bonds. The van der Waals surface area contributed by atoms with E-state index in [-0.39, 0.29) is 5.82 Å². The van der Waals surface area contributed by atoms with Gasteiger partial charge in [-0.3, -0.25) is 4.98 Å². The first-order valence-corrected chi connectivity index (χ1v) is 6.62. The Morgan fingerprint density at radius 1 is 1.26 bits per heavy atom. The fraction of sp³-hybridized carbons (Fsp3) is 0.312. The van der Waals surface area contributed by atoms with E-state index >= 15 is 0 Å². The summed E-state index contributed by atoms with van der Waals surface area (Å²) in [5.41, 5.74) is 3.66. The molecule has 1 aromatic heterocycles. The van der Waals surface area contributed by atoms with Crippen LogP contribution in [0.3, 0.4) is 0 Å². The molecule has 0 spiro atoms. The first kappa shape index (κ1) is 13.7. The minimum absolute atomic E-state index is 0.174. The van der Waals surface area contributed by atoms with Gasteiger partial charge in [0.05, 0.1) is 0 Å². The maximum atomic E-state index is 13.6. The van der Waals surface area contributed by atoms with Gasteiger partial charge in [0.2, 0.25) is 0 Å². The van der Waals surface area contributed by atoms with Crippen molar-refractivity contribution >= 4 is 0 Å². The molecule has 2 aromatic rings. The number of aromatic nitrogens is 1. The second-order valence-electron chi connectivity index (χ2n) is 4.67. The van der Waals surface area contributed by atoms with Crippen molar-refractivity contribution in [3.05, 3.63) is 53.6 Å². The number of hydrogen-bond donors (Lipinski definition) is 1. The Hall–Kier alpha value is -1.74. The van der Waals surface area contributed by atoms with Crippen LogP contribution in [0.5, 0.6) is 0 Å². The fourth-order valence-corrected chi connectivity index (χ4v) is 2.06. The Morgan fingerprint density at radius 3 is 2.89 bits per heavy atom. The normalized spacial score (nSPS) is 10.7. The summed E-state index contributed by atoms with van der Waals surface area (Å²) in [6.45, 7) is 5.72. The van der Waals surface area contributed by atoms with Gasteiger partial charge in [-0.05, 0) is 48.7 Å². The van der Waals surface area contributed by atoms with Crippen LogP contribution in [-0.2, 0) is 6.54 Å². The van der Waals surface area contributed by atoms with Crippen LogP contribution in [0.1, 0.15) is 24.5 Å². The third-order valence-electron chi connectivity index (χ3n) is 3.13. The molecular weight excluding hydrogens is 239 g/mol. The molecule has 2 nitrogen and oxygen atoms in total. The van der Waals surface area contributed by atoms with Crippen molar-refractivity contribution < 1.29 is 4.39 Å². The van der Waals surface area contributed by atoms with E-state index in [1.807, 2.05) is 12.3 Å². The molecule has 0 unspecified atom stereocenters. The molecule has 0 atom stereocenters. The first-order valence-electron chi connectivity index (χ1n) is 6.62. The lowest BCUT2D eigenvalue weighted by Gasteiger charge is -2.09. The fourth-order valence-electron chi connectivity index (χ4n) is 2.06. The molecule has 1 N–H and O–H groups in total. The summed E-state index contributed by atoms with van der Waals surface area (Å²) in [5.74, 6) is -0.174. The van der Waals surface area contributed by atoms with Gasteiger partial charge in [0, 0.05) is 24.5 Å². The molecule has 0 radical (unpaired) electrons. The number of nitrogens with zero attached hydrogens (tertiary/aromatic N) is 1. The first-order chi connectivity index (χ1) is 9.22. The van der Waals surface area contributed by atoms with Gasteiger partial charge in [-0.2, -0.15) is 0 Å². The Labute approximate surface area is 113 Å². The number of rotatable bonds is 5. The lowest BCUT2D eigenvalue weighted by Crippen LogP contribution is -2.13. The molecule has 1 heterocycles. The number of halogens is 1. The molecular formula is C16H19FN2. The highest BCUT2D eigenvalue weighted by molar-refractivity contribution is 5.66. The monoisotopic (exact) mass is 258 g/mol. The van der Waals surface area contributed by atoms with Crippen LogP contribution in [0.4, 0.5) is 4.39 Å². The SMILES string of the molecule is CCCNCc1cncc(-c2cccc(F)c2C)c1. The summed E-state index contributed by atoms with van der Waals surface area (Å²) >= 11 is 0. The van der Waals surface area contributed by atoms with Gasteiger partial charge in [-0.1, -0.05) is 19.1 Å². The molecule has 19 heavy (non-hydrogen) atoms. The minimum Gasteiger partial charge on any atom is -0.313 e. The average molecular weight is 258 g/mol. The summed E-state index contributed by atoms with van der Waals surface area (Å²) in [7, 11) is 0. The van der Waals surface area contributed by atoms with Gasteiger partial charge < -0.3 is 5.32 Å². The summed E-state index contributed by atoms with van der Waals surface area (Å²) in [4.78, 5) is 4.25. The lowest BCUT2D eigenvalue weighted by atomic mass is 10.0. The zero-order chi connectivity index (χ0) is 13.7. The van der Waals surface area contributed by atoms with E-state index in [9.17, 15) is 4.39 Å². The Morgan fingerprint density at radius 2 is 2.11 bits per heavy atom. The highest BCUT2D eigenvalue weighted by Crippen LogP contribution is 2.24. The van der Waals surface area contributed by atoms with E-state index in [2.05, 4.69) is 23.3 Å². The summed E-state index contributed by atoms with van der Waals surface area (Å²) in [6.07, 6.45) is 4.74. The summed E-state index contributed by atoms with van der Waals surface area (Å²) in [6, 6.07) is 7.22. The molecule has 0 aliphatic carbocycles. The Balaban J connectivity index is 2.25. The van der Waals surface area contributed by atoms with Crippen molar-refractivity contribution in [3.8, 4) is 11.1 Å². The van der Waals surface area contributed by atoms with Gasteiger partial charge in [0.25, 0.3) is 0 Å². The second-order valence-corrected chi connectivity index (χ2v) is 4.67. The van der Waals surface area contributed by atoms with E-state index in [4.69, 9.17) is 0 Å². The zero-order valence-corrected chi connectivity index (χ0v) is 11.4. The van der Waals surface area contributed by atoms with Crippen LogP contribution >= 0.6 is 0 Å². The lowest BCUT2D eigenvalue weighted by molar-refractivity contribution is 0.619. The Bertz CT molecular complexity index is 552. The van der Waals surface area contributed by atoms with Crippen molar-refractivity contribution in [1.82, 2.24) is 10.3 Å². The second kappa shape index (κ2) is 6.43. The largest absolute Gasteiger partial charge is 0.313 e. The highest BCUT2D eigenvalue weighted by atomic mass is 19.1. The van der Waals surface area contributed by atoms with Crippen molar-refractivity contribution in [3.63, 3.8) is 0 Å². The summed E-state index contributed by atoms with van der Waals surface area (Å²) in [5, 5.41) is 3.34. The number of hydrogen-bond acceptors (Lipinski definition) is 2. The molecule has 3 heteroatoms. The molecule has 0 bridgehead atoms. The van der Waals surface area contributed by atoms with Crippen molar-refractivity contribution in [2.45, 2.75) is 26.8 Å². The van der Waals surface area contributed by atoms with Crippen molar-refractivity contribution in [1.29, 1.82) is 0 Å². The molecule has 1 aromatic carbocycles. The molecule has 0 aliphatic heterocycles. The van der Waals surface area contributed by atoms with Crippen molar-refractivity contribution in [2.24, 2.45) is 0 Å². The third-order valence-corrected chi connectivity index (χ3v) is 3.13. The van der Waals surface area contributed by atoms with E-state index in [0.29, 0.717) is 5.56 Å². The van der Waals surface area contributed by atoms with Gasteiger partial charge in [-0.25, -0.2) is 4.39 Å². The zero-order valence-electron chi connectivity index (χ0n) is 11.4. The van der Waals surface area contributed by atoms with Crippen LogP contribution in [0, 0.1) is 12.7 Å². The van der Waals surface area contributed by atoms with Crippen LogP contribution in [0.2, 0.25) is 0 Å². The van der Waals surface area contributed by atoms with Crippen LogP contribution < -0.4 is 5.32 Å². The number of pyridine rings is 1. The average Bonchev–Trinajstić information content (AvgIpc) is 2.43. The maximum Gasteiger partial charge on any atom is 0.126 e. The Kier molecular flexibility index (Phi) is 4.63. The smallest absolute Gasteiger partial charge is 0.126 e. The molecule has 0 fully saturated rings. The predicted octanol–water partition coefficient (Wildman–Crippen LogP) is 3.70. The van der Waals surface area contributed by atoms with Crippen LogP contribution in [-0.4, -0.2) is 11.5 Å². The molecule has 0 aliphatic rings. The molecule has 2 rings (SSSR count).